The maximum atomic E-state index is 12.9. The van der Waals surface area contributed by atoms with Gasteiger partial charge in [0.25, 0.3) is 5.91 Å². The zero-order chi connectivity index (χ0) is 24.6. The molecule has 1 saturated carbocycles. The number of urea groups is 1. The zero-order valence-corrected chi connectivity index (χ0v) is 21.3. The van der Waals surface area contributed by atoms with E-state index < -0.39 is 28.0 Å². The summed E-state index contributed by atoms with van der Waals surface area (Å²) < 4.78 is -1.33. The van der Waals surface area contributed by atoms with Gasteiger partial charge in [0.05, 0.1) is 16.5 Å². The highest BCUT2D eigenvalue weighted by atomic mass is 35.5. The summed E-state index contributed by atoms with van der Waals surface area (Å²) in [4.78, 5) is 38.7. The van der Waals surface area contributed by atoms with Crippen LogP contribution >= 0.6 is 58.0 Å². The van der Waals surface area contributed by atoms with Gasteiger partial charge in [-0.05, 0) is 42.0 Å². The number of hydrogen-bond donors (Lipinski definition) is 3. The Hall–Kier alpha value is -1.90. The Morgan fingerprint density at radius 1 is 1.09 bits per heavy atom. The predicted molar refractivity (Wildman–Crippen MR) is 135 cm³/mol. The van der Waals surface area contributed by atoms with E-state index in [4.69, 9.17) is 58.0 Å². The minimum atomic E-state index is -1.33. The minimum absolute atomic E-state index is 0.162. The van der Waals surface area contributed by atoms with E-state index in [1.807, 2.05) is 0 Å². The summed E-state index contributed by atoms with van der Waals surface area (Å²) in [6.45, 7) is 1.80. The second-order valence-corrected chi connectivity index (χ2v) is 10.7. The molecule has 180 valence electrons. The third kappa shape index (κ3) is 5.34. The largest absolute Gasteiger partial charge is 0.350 e. The molecule has 1 aliphatic heterocycles. The molecule has 2 fully saturated rings. The van der Waals surface area contributed by atoms with Crippen molar-refractivity contribution in [3.8, 4) is 0 Å². The maximum absolute atomic E-state index is 12.9. The number of rotatable bonds is 7. The molecule has 1 saturated heterocycles. The molecule has 1 heterocycles. The lowest BCUT2D eigenvalue weighted by molar-refractivity contribution is -0.117. The van der Waals surface area contributed by atoms with Gasteiger partial charge in [-0.2, -0.15) is 0 Å². The van der Waals surface area contributed by atoms with Gasteiger partial charge in [0.2, 0.25) is 5.91 Å². The molecule has 2 aliphatic rings. The number of benzene rings is 2. The average molecular weight is 565 g/mol. The third-order valence-electron chi connectivity index (χ3n) is 5.67. The van der Waals surface area contributed by atoms with Gasteiger partial charge in [-0.15, -0.1) is 23.2 Å². The van der Waals surface area contributed by atoms with Gasteiger partial charge in [-0.25, -0.2) is 4.79 Å². The first-order valence-electron chi connectivity index (χ1n) is 10.3. The van der Waals surface area contributed by atoms with Crippen LogP contribution in [0, 0.1) is 5.92 Å². The summed E-state index contributed by atoms with van der Waals surface area (Å²) in [5.41, 5.74) is 1.20. The van der Waals surface area contributed by atoms with Crippen molar-refractivity contribution in [2.24, 2.45) is 5.92 Å². The molecule has 0 radical (unpaired) electrons. The molecule has 0 spiro atoms. The van der Waals surface area contributed by atoms with Gasteiger partial charge in [-0.3, -0.25) is 9.59 Å². The molecule has 2 aromatic carbocycles. The number of halogens is 5. The van der Waals surface area contributed by atoms with E-state index in [1.165, 1.54) is 12.1 Å². The Kier molecular flexibility index (Phi) is 7.41. The second-order valence-electron chi connectivity index (χ2n) is 7.99. The Morgan fingerprint density at radius 2 is 1.79 bits per heavy atom. The van der Waals surface area contributed by atoms with Crippen molar-refractivity contribution in [2.75, 3.05) is 31.5 Å². The molecule has 34 heavy (non-hydrogen) atoms. The van der Waals surface area contributed by atoms with Crippen molar-refractivity contribution < 1.29 is 14.4 Å². The number of carbonyl (C=O) groups is 3. The van der Waals surface area contributed by atoms with E-state index in [0.717, 1.165) is 0 Å². The Labute approximate surface area is 221 Å². The summed E-state index contributed by atoms with van der Waals surface area (Å²) in [6.07, 6.45) is 0. The molecular weight excluding hydrogens is 546 g/mol. The van der Waals surface area contributed by atoms with Gasteiger partial charge < -0.3 is 20.9 Å². The Morgan fingerprint density at radius 3 is 2.44 bits per heavy atom. The Balaban J connectivity index is 1.41. The lowest BCUT2D eigenvalue weighted by Gasteiger charge is -2.15. The number of hydrogen-bond acceptors (Lipinski definition) is 3. The lowest BCUT2D eigenvalue weighted by Crippen LogP contribution is -2.36. The van der Waals surface area contributed by atoms with Crippen molar-refractivity contribution in [3.05, 3.63) is 62.6 Å². The first-order valence-corrected chi connectivity index (χ1v) is 12.2. The number of nitrogens with one attached hydrogen (secondary N) is 3. The molecule has 4 rings (SSSR count). The van der Waals surface area contributed by atoms with Crippen molar-refractivity contribution in [1.29, 1.82) is 0 Å². The van der Waals surface area contributed by atoms with E-state index in [-0.39, 0.29) is 23.2 Å². The molecule has 0 unspecified atom stereocenters. The molecule has 0 bridgehead atoms. The maximum Gasteiger partial charge on any atom is 0.317 e. The zero-order valence-electron chi connectivity index (χ0n) is 17.5. The quantitative estimate of drug-likeness (QED) is 0.417. The number of carbonyl (C=O) groups excluding carboxylic acids is 3. The number of amides is 4. The Bertz CT molecular complexity index is 1140. The molecule has 12 heteroatoms. The SMILES string of the molecule is O=C(NCCN1CCNC1=O)c1cc(NC(=O)[C@H]2[C@H](c3cc(Cl)cc(Cl)c3)C2(Cl)Cl)ccc1Cl. The van der Waals surface area contributed by atoms with E-state index >= 15 is 0 Å². The predicted octanol–water partition coefficient (Wildman–Crippen LogP) is 4.93. The highest BCUT2D eigenvalue weighted by Crippen LogP contribution is 2.65. The van der Waals surface area contributed by atoms with Crippen molar-refractivity contribution in [2.45, 2.75) is 10.3 Å². The van der Waals surface area contributed by atoms with Gasteiger partial charge in [-0.1, -0.05) is 34.8 Å². The van der Waals surface area contributed by atoms with E-state index in [9.17, 15) is 14.4 Å². The molecule has 0 aromatic heterocycles. The molecule has 3 N–H and O–H groups in total. The summed E-state index contributed by atoms with van der Waals surface area (Å²) in [7, 11) is 0. The molecular formula is C22H19Cl5N4O3. The van der Waals surface area contributed by atoms with Crippen LogP contribution in [0.5, 0.6) is 0 Å². The molecule has 2 atom stereocenters. The first-order chi connectivity index (χ1) is 16.1. The average Bonchev–Trinajstić information content (AvgIpc) is 3.11. The van der Waals surface area contributed by atoms with Crippen LogP contribution in [-0.4, -0.2) is 53.3 Å². The van der Waals surface area contributed by atoms with Gasteiger partial charge in [0.15, 0.2) is 0 Å². The summed E-state index contributed by atoms with van der Waals surface area (Å²) in [5.74, 6) is -2.09. The topological polar surface area (TPSA) is 90.5 Å². The van der Waals surface area contributed by atoms with Crippen molar-refractivity contribution in [3.63, 3.8) is 0 Å². The molecule has 7 nitrogen and oxygen atoms in total. The standard InChI is InChI=1S/C22H19Cl5N4O3/c23-12-7-11(8-13(24)9-12)17-18(22(17,26)27)20(33)30-14-1-2-16(25)15(10-14)19(32)28-3-5-31-6-4-29-21(31)34/h1-2,7-10,17-18H,3-6H2,(H,28,32)(H,29,34)(H,30,33)/t17-,18+/m0/s1. The fourth-order valence-corrected chi connectivity index (χ4v) is 5.52. The van der Waals surface area contributed by atoms with Crippen LogP contribution in [-0.2, 0) is 4.79 Å². The van der Waals surface area contributed by atoms with Crippen LogP contribution in [0.25, 0.3) is 0 Å². The van der Waals surface area contributed by atoms with Crippen LogP contribution in [0.4, 0.5) is 10.5 Å². The number of alkyl halides is 2. The van der Waals surface area contributed by atoms with Crippen LogP contribution < -0.4 is 16.0 Å². The lowest BCUT2D eigenvalue weighted by atomic mass is 10.1. The fraction of sp³-hybridized carbons (Fsp3) is 0.318. The van der Waals surface area contributed by atoms with E-state index in [1.54, 1.807) is 29.2 Å². The summed E-state index contributed by atoms with van der Waals surface area (Å²) in [5, 5.41) is 9.21. The summed E-state index contributed by atoms with van der Waals surface area (Å²) >= 11 is 31.1. The highest BCUT2D eigenvalue weighted by Gasteiger charge is 2.67. The summed E-state index contributed by atoms with van der Waals surface area (Å²) in [6, 6.07) is 9.30. The normalized spacial score (nSPS) is 20.6. The van der Waals surface area contributed by atoms with Crippen molar-refractivity contribution >= 4 is 81.5 Å². The van der Waals surface area contributed by atoms with Crippen molar-refractivity contribution in [1.82, 2.24) is 15.5 Å². The van der Waals surface area contributed by atoms with Crippen LogP contribution in [0.3, 0.4) is 0 Å². The number of nitrogens with zero attached hydrogens (tertiary/aromatic N) is 1. The van der Waals surface area contributed by atoms with Crippen LogP contribution in [0.15, 0.2) is 36.4 Å². The van der Waals surface area contributed by atoms with E-state index in [0.29, 0.717) is 40.9 Å². The van der Waals surface area contributed by atoms with Crippen LogP contribution in [0.2, 0.25) is 15.1 Å². The molecule has 2 aromatic rings. The van der Waals surface area contributed by atoms with Gasteiger partial charge >= 0.3 is 6.03 Å². The highest BCUT2D eigenvalue weighted by molar-refractivity contribution is 6.53. The van der Waals surface area contributed by atoms with Gasteiger partial charge in [0.1, 0.15) is 4.33 Å². The van der Waals surface area contributed by atoms with E-state index in [2.05, 4.69) is 16.0 Å². The number of anilines is 1. The van der Waals surface area contributed by atoms with Crippen LogP contribution in [0.1, 0.15) is 21.8 Å². The minimum Gasteiger partial charge on any atom is -0.350 e. The first kappa shape index (κ1) is 25.2. The molecule has 1 aliphatic carbocycles. The second kappa shape index (κ2) is 9.99. The molecule has 4 amide bonds. The monoisotopic (exact) mass is 562 g/mol. The van der Waals surface area contributed by atoms with Gasteiger partial charge in [0, 0.05) is 47.8 Å². The fourth-order valence-electron chi connectivity index (χ4n) is 3.94. The smallest absolute Gasteiger partial charge is 0.317 e. The third-order valence-corrected chi connectivity index (χ3v) is 7.38.